The highest BCUT2D eigenvalue weighted by Gasteiger charge is 2.48. The van der Waals surface area contributed by atoms with Gasteiger partial charge in [-0.2, -0.15) is 18.4 Å². The number of allylic oxidation sites excluding steroid dienone is 1. The number of carbonyl (C=O) groups is 3. The minimum atomic E-state index is -4.79. The summed E-state index contributed by atoms with van der Waals surface area (Å²) in [7, 11) is -7.71. The first kappa shape index (κ1) is 31.7. The molecule has 1 heterocycles. The van der Waals surface area contributed by atoms with E-state index in [-0.39, 0.29) is 47.3 Å². The second kappa shape index (κ2) is 11.5. The van der Waals surface area contributed by atoms with Crippen LogP contribution in [0.3, 0.4) is 0 Å². The molecule has 0 saturated heterocycles. The molecule has 1 aliphatic heterocycles. The van der Waals surface area contributed by atoms with Crippen LogP contribution in [-0.2, 0) is 30.6 Å². The molecule has 2 aliphatic rings. The summed E-state index contributed by atoms with van der Waals surface area (Å²) < 4.78 is 89.8. The van der Waals surface area contributed by atoms with Gasteiger partial charge in [0.05, 0.1) is 33.5 Å². The number of alkyl halides is 3. The smallest absolute Gasteiger partial charge is 0.337 e. The number of carbonyl (C=O) groups excluding carboxylic acids is 3. The highest BCUT2D eigenvalue weighted by Crippen LogP contribution is 2.46. The van der Waals surface area contributed by atoms with Gasteiger partial charge in [0.15, 0.2) is 15.6 Å². The molecule has 228 valence electrons. The van der Waals surface area contributed by atoms with Crippen LogP contribution in [0.4, 0.5) is 28.4 Å². The van der Waals surface area contributed by atoms with Crippen molar-refractivity contribution in [2.24, 2.45) is 0 Å². The maximum absolute atomic E-state index is 14.2. The number of nitrogens with zero attached hydrogens (tertiary/aromatic N) is 3. The third-order valence-corrected chi connectivity index (χ3v) is 8.96. The first-order chi connectivity index (χ1) is 19.9. The molecule has 0 spiro atoms. The molecule has 2 aromatic rings. The number of nitrogens with one attached hydrogen (secondary N) is 1. The van der Waals surface area contributed by atoms with E-state index >= 15 is 0 Å². The van der Waals surface area contributed by atoms with Crippen LogP contribution >= 0.6 is 0 Å². The van der Waals surface area contributed by atoms with Crippen LogP contribution in [0.1, 0.15) is 42.0 Å². The topological polar surface area (TPSA) is 162 Å². The molecular weight excluding hydrogens is 613 g/mol. The molecule has 0 saturated carbocycles. The van der Waals surface area contributed by atoms with Gasteiger partial charge in [-0.1, -0.05) is 12.1 Å². The summed E-state index contributed by atoms with van der Waals surface area (Å²) in [6.07, 6.45) is -2.84. The summed E-state index contributed by atoms with van der Waals surface area (Å²) in [4.78, 5) is 42.1. The number of sulfone groups is 2. The third-order valence-electron chi connectivity index (χ3n) is 6.86. The van der Waals surface area contributed by atoms with Crippen molar-refractivity contribution in [3.63, 3.8) is 0 Å². The van der Waals surface area contributed by atoms with Crippen molar-refractivity contribution in [3.8, 4) is 6.07 Å². The second-order valence-corrected chi connectivity index (χ2v) is 14.3. The highest BCUT2D eigenvalue weighted by atomic mass is 32.2. The van der Waals surface area contributed by atoms with Gasteiger partial charge in [-0.3, -0.25) is 9.69 Å². The Morgan fingerprint density at radius 2 is 1.77 bits per heavy atom. The fraction of sp³-hybridized carbons (Fsp3) is 0.333. The summed E-state index contributed by atoms with van der Waals surface area (Å²) >= 11 is 0. The molecule has 2 aromatic carbocycles. The number of hydrogen-bond donors (Lipinski definition) is 1. The van der Waals surface area contributed by atoms with E-state index in [9.17, 15) is 49.7 Å². The Labute approximate surface area is 245 Å². The lowest BCUT2D eigenvalue weighted by Crippen LogP contribution is -2.57. The molecule has 1 unspecified atom stereocenters. The first-order valence-corrected chi connectivity index (χ1v) is 16.7. The van der Waals surface area contributed by atoms with Crippen molar-refractivity contribution >= 4 is 43.2 Å². The van der Waals surface area contributed by atoms with Crippen molar-refractivity contribution < 1.29 is 44.4 Å². The molecular formula is C27H25F3N4O7S2. The van der Waals surface area contributed by atoms with Crippen molar-refractivity contribution in [2.45, 2.75) is 36.4 Å². The molecule has 0 aromatic heterocycles. The van der Waals surface area contributed by atoms with E-state index in [1.165, 1.54) is 18.2 Å². The lowest BCUT2D eigenvalue weighted by atomic mass is 9.83. The zero-order valence-corrected chi connectivity index (χ0v) is 24.4. The van der Waals surface area contributed by atoms with Crippen LogP contribution in [0.5, 0.6) is 0 Å². The normalized spacial score (nSPS) is 17.9. The highest BCUT2D eigenvalue weighted by molar-refractivity contribution is 7.91. The van der Waals surface area contributed by atoms with E-state index in [4.69, 9.17) is 0 Å². The van der Waals surface area contributed by atoms with Crippen molar-refractivity contribution in [1.82, 2.24) is 10.2 Å². The van der Waals surface area contributed by atoms with Gasteiger partial charge in [-0.05, 0) is 48.7 Å². The molecule has 1 N–H and O–H groups in total. The quantitative estimate of drug-likeness (QED) is 0.501. The molecule has 1 atom stereocenters. The Kier molecular flexibility index (Phi) is 8.44. The molecule has 1 aliphatic carbocycles. The van der Waals surface area contributed by atoms with Crippen molar-refractivity contribution in [1.29, 1.82) is 5.26 Å². The van der Waals surface area contributed by atoms with Gasteiger partial charge >= 0.3 is 18.2 Å². The van der Waals surface area contributed by atoms with Crippen LogP contribution in [0.25, 0.3) is 0 Å². The van der Waals surface area contributed by atoms with Gasteiger partial charge < -0.3 is 5.32 Å². The monoisotopic (exact) mass is 638 g/mol. The van der Waals surface area contributed by atoms with Crippen LogP contribution in [0.2, 0.25) is 0 Å². The lowest BCUT2D eigenvalue weighted by Gasteiger charge is -2.44. The van der Waals surface area contributed by atoms with Crippen molar-refractivity contribution in [3.05, 3.63) is 70.4 Å². The molecule has 16 heteroatoms. The number of halogens is 3. The molecule has 43 heavy (non-hydrogen) atoms. The van der Waals surface area contributed by atoms with Crippen LogP contribution in [0.15, 0.2) is 58.6 Å². The van der Waals surface area contributed by atoms with Gasteiger partial charge in [0.1, 0.15) is 15.9 Å². The number of hydrogen-bond acceptors (Lipinski definition) is 8. The maximum Gasteiger partial charge on any atom is 0.416 e. The predicted octanol–water partition coefficient (Wildman–Crippen LogP) is 3.73. The fourth-order valence-corrected chi connectivity index (χ4v) is 6.44. The first-order valence-electron chi connectivity index (χ1n) is 12.7. The molecule has 0 radical (unpaired) electrons. The molecule has 11 nitrogen and oxygen atoms in total. The number of amides is 4. The van der Waals surface area contributed by atoms with Gasteiger partial charge in [-0.15, -0.1) is 0 Å². The van der Waals surface area contributed by atoms with Crippen LogP contribution in [0, 0.1) is 11.3 Å². The van der Waals surface area contributed by atoms with Gasteiger partial charge in [0.25, 0.3) is 0 Å². The minimum Gasteiger partial charge on any atom is -0.337 e. The molecule has 4 rings (SSSR count). The van der Waals surface area contributed by atoms with E-state index in [1.807, 2.05) is 0 Å². The van der Waals surface area contributed by atoms with Crippen LogP contribution in [-0.4, -0.2) is 64.4 Å². The number of ketones is 1. The van der Waals surface area contributed by atoms with Crippen molar-refractivity contribution in [2.75, 3.05) is 29.7 Å². The lowest BCUT2D eigenvalue weighted by molar-refractivity contribution is -0.137. The Morgan fingerprint density at radius 3 is 2.37 bits per heavy atom. The van der Waals surface area contributed by atoms with Gasteiger partial charge in [0, 0.05) is 36.7 Å². The maximum atomic E-state index is 14.2. The van der Waals surface area contributed by atoms with E-state index in [1.54, 1.807) is 6.07 Å². The van der Waals surface area contributed by atoms with E-state index < -0.39 is 72.5 Å². The summed E-state index contributed by atoms with van der Waals surface area (Å²) in [6.45, 7) is -0.468. The average Bonchev–Trinajstić information content (AvgIpc) is 2.90. The number of Topliss-reactive ketones (excluding diaryl/α,β-unsaturated/α-hetero) is 1. The van der Waals surface area contributed by atoms with E-state index in [0.29, 0.717) is 11.0 Å². The SMILES string of the molecule is CS(=O)(=O)CCNC(=O)N1C(=O)N(c2cccc(C(F)(F)F)c2)C2=C(C(=O)CCC2)C1c1ccc(C#N)cc1S(C)(=O)=O. The molecule has 4 amide bonds. The third kappa shape index (κ3) is 6.57. The fourth-order valence-electron chi connectivity index (χ4n) is 5.02. The van der Waals surface area contributed by atoms with Gasteiger partial charge in [-0.25, -0.2) is 31.3 Å². The molecule has 0 bridgehead atoms. The zero-order valence-electron chi connectivity index (χ0n) is 22.8. The zero-order chi connectivity index (χ0) is 31.9. The number of imide groups is 1. The number of benzene rings is 2. The standard InChI is InChI=1S/C27H25F3N4O7S2/c1-42(38,39)12-11-32-25(36)34-24(19-10-9-16(15-31)13-22(19)43(2,40)41)23-20(7-4-8-21(23)35)33(26(34)37)18-6-3-5-17(14-18)27(28,29)30/h3,5-6,9-10,13-14,24H,4,7-8,11-12H2,1-2H3,(H,32,36). The largest absolute Gasteiger partial charge is 0.416 e. The van der Waals surface area contributed by atoms with Gasteiger partial charge in [0.2, 0.25) is 0 Å². The number of anilines is 1. The second-order valence-electron chi connectivity index (χ2n) is 10.1. The minimum absolute atomic E-state index is 0.00503. The predicted molar refractivity (Wildman–Crippen MR) is 147 cm³/mol. The summed E-state index contributed by atoms with van der Waals surface area (Å²) in [5.41, 5.74) is -1.84. The average molecular weight is 639 g/mol. The Hall–Kier alpha value is -4.23. The van der Waals surface area contributed by atoms with Crippen LogP contribution < -0.4 is 10.2 Å². The summed E-state index contributed by atoms with van der Waals surface area (Å²) in [5, 5.41) is 11.7. The summed E-state index contributed by atoms with van der Waals surface area (Å²) in [5.74, 6) is -1.10. The Morgan fingerprint density at radius 1 is 1.07 bits per heavy atom. The number of nitriles is 1. The molecule has 0 fully saturated rings. The number of urea groups is 2. The Balaban J connectivity index is 2.02. The summed E-state index contributed by atoms with van der Waals surface area (Å²) in [6, 6.07) is 4.91. The van der Waals surface area contributed by atoms with E-state index in [2.05, 4.69) is 5.32 Å². The number of rotatable bonds is 6. The van der Waals surface area contributed by atoms with E-state index in [0.717, 1.165) is 35.6 Å². The Bertz CT molecular complexity index is 1810.